The zero-order chi connectivity index (χ0) is 17.4. The fourth-order valence-corrected chi connectivity index (χ4v) is 1.61. The van der Waals surface area contributed by atoms with Gasteiger partial charge in [0.25, 0.3) is 0 Å². The Morgan fingerprint density at radius 1 is 1.19 bits per heavy atom. The highest BCUT2D eigenvalue weighted by molar-refractivity contribution is 5.81. The van der Waals surface area contributed by atoms with Crippen LogP contribution in [0.3, 0.4) is 0 Å². The van der Waals surface area contributed by atoms with Crippen LogP contribution in [-0.4, -0.2) is 24.4 Å². The van der Waals surface area contributed by atoms with Crippen LogP contribution in [0.5, 0.6) is 0 Å². The van der Waals surface area contributed by atoms with Crippen LogP contribution in [0.4, 0.5) is 0 Å². The summed E-state index contributed by atoms with van der Waals surface area (Å²) in [6.07, 6.45) is 5.58. The van der Waals surface area contributed by atoms with Crippen LogP contribution in [0.15, 0.2) is 36.2 Å². The Balaban J connectivity index is -0.000000478. The van der Waals surface area contributed by atoms with Crippen LogP contribution in [-0.2, 0) is 4.79 Å². The van der Waals surface area contributed by atoms with Crippen LogP contribution in [0.1, 0.15) is 55.4 Å². The van der Waals surface area contributed by atoms with Crippen molar-refractivity contribution in [2.24, 2.45) is 5.92 Å². The molecule has 0 aromatic rings. The van der Waals surface area contributed by atoms with Gasteiger partial charge in [-0.2, -0.15) is 0 Å². The lowest BCUT2D eigenvalue weighted by atomic mass is 10.1. The lowest BCUT2D eigenvalue weighted by Crippen LogP contribution is -2.31. The third kappa shape index (κ3) is 8.38. The van der Waals surface area contributed by atoms with Crippen LogP contribution in [0, 0.1) is 5.92 Å². The van der Waals surface area contributed by atoms with E-state index in [1.165, 1.54) is 0 Å². The van der Waals surface area contributed by atoms with Gasteiger partial charge in [-0.3, -0.25) is 4.79 Å². The smallest absolute Gasteiger partial charge is 0.231 e. The Kier molecular flexibility index (Phi) is 19.3. The summed E-state index contributed by atoms with van der Waals surface area (Å²) >= 11 is 0. The van der Waals surface area contributed by atoms with Gasteiger partial charge in [0.1, 0.15) is 0 Å². The second kappa shape index (κ2) is 16.5. The lowest BCUT2D eigenvalue weighted by Gasteiger charge is -2.19. The molecule has 3 heteroatoms. The molecule has 3 nitrogen and oxygen atoms in total. The predicted octanol–water partition coefficient (Wildman–Crippen LogP) is 4.74. The Morgan fingerprint density at radius 2 is 1.67 bits per heavy atom. The summed E-state index contributed by atoms with van der Waals surface area (Å²) in [5, 5.41) is 3.22. The van der Waals surface area contributed by atoms with E-state index in [4.69, 9.17) is 0 Å². The summed E-state index contributed by atoms with van der Waals surface area (Å²) in [5.74, 6) is 0.125. The number of nitrogens with zero attached hydrogens (tertiary/aromatic N) is 1. The maximum absolute atomic E-state index is 11.9. The molecule has 21 heavy (non-hydrogen) atoms. The van der Waals surface area contributed by atoms with Gasteiger partial charge in [-0.15, -0.1) is 0 Å². The van der Waals surface area contributed by atoms with Gasteiger partial charge in [-0.1, -0.05) is 61.1 Å². The van der Waals surface area contributed by atoms with Crippen LogP contribution in [0.25, 0.3) is 0 Å². The molecule has 1 N–H and O–H groups in total. The van der Waals surface area contributed by atoms with Crippen molar-refractivity contribution >= 4 is 5.91 Å². The highest BCUT2D eigenvalue weighted by Gasteiger charge is 2.24. The van der Waals surface area contributed by atoms with Crippen molar-refractivity contribution in [3.8, 4) is 0 Å². The standard InChI is InChI=1S/C12H18N2O.3C2H6/c1-5-7-11-10(6-2)13-8-9(3)12(15)14(11)4;3*1-2/h5-7,9,13H,2,8H2,1,3-4H3;3*1-2H3/b7-5-;;;. The molecule has 1 unspecified atom stereocenters. The van der Waals surface area contributed by atoms with Crippen LogP contribution in [0.2, 0.25) is 0 Å². The molecule has 124 valence electrons. The van der Waals surface area contributed by atoms with Crippen molar-refractivity contribution in [2.75, 3.05) is 13.6 Å². The third-order valence-corrected chi connectivity index (χ3v) is 2.52. The molecule has 1 heterocycles. The highest BCUT2D eigenvalue weighted by atomic mass is 16.2. The average molecular weight is 296 g/mol. The molecule has 1 aliphatic rings. The second-order valence-corrected chi connectivity index (χ2v) is 3.68. The Labute approximate surface area is 132 Å². The number of likely N-dealkylation sites (N-methyl/N-ethyl adjacent to an activating group) is 1. The van der Waals surface area contributed by atoms with Crippen molar-refractivity contribution in [1.82, 2.24) is 10.2 Å². The van der Waals surface area contributed by atoms with Crippen LogP contribution < -0.4 is 5.32 Å². The summed E-state index contributed by atoms with van der Waals surface area (Å²) in [7, 11) is 1.80. The first-order chi connectivity index (χ1) is 10.1. The molecule has 0 radical (unpaired) electrons. The predicted molar refractivity (Wildman–Crippen MR) is 96.0 cm³/mol. The number of hydrogen-bond acceptors (Lipinski definition) is 2. The zero-order valence-corrected chi connectivity index (χ0v) is 15.6. The molecule has 1 aliphatic heterocycles. The Morgan fingerprint density at radius 3 is 2.05 bits per heavy atom. The highest BCUT2D eigenvalue weighted by Crippen LogP contribution is 2.17. The number of carbonyl (C=O) groups excluding carboxylic acids is 1. The van der Waals surface area contributed by atoms with Gasteiger partial charge < -0.3 is 10.2 Å². The van der Waals surface area contributed by atoms with Crippen molar-refractivity contribution < 1.29 is 4.79 Å². The van der Waals surface area contributed by atoms with Gasteiger partial charge in [0.15, 0.2) is 0 Å². The minimum Gasteiger partial charge on any atom is -0.383 e. The molecular formula is C18H36N2O. The fraction of sp³-hybridized carbons (Fsp3) is 0.611. The van der Waals surface area contributed by atoms with Crippen molar-refractivity contribution in [3.63, 3.8) is 0 Å². The van der Waals surface area contributed by atoms with Gasteiger partial charge in [-0.25, -0.2) is 0 Å². The van der Waals surface area contributed by atoms with E-state index in [1.54, 1.807) is 18.0 Å². The van der Waals surface area contributed by atoms with Crippen molar-refractivity contribution in [1.29, 1.82) is 0 Å². The Bertz CT molecular complexity index is 330. The summed E-state index contributed by atoms with van der Waals surface area (Å²) in [5.41, 5.74) is 1.79. The summed E-state index contributed by atoms with van der Waals surface area (Å²) in [4.78, 5) is 13.6. The first-order valence-corrected chi connectivity index (χ1v) is 8.12. The molecule has 1 atom stereocenters. The molecule has 0 saturated carbocycles. The molecular weight excluding hydrogens is 260 g/mol. The monoisotopic (exact) mass is 296 g/mol. The number of allylic oxidation sites excluding steroid dienone is 3. The fourth-order valence-electron chi connectivity index (χ4n) is 1.61. The van der Waals surface area contributed by atoms with Gasteiger partial charge in [0, 0.05) is 13.6 Å². The van der Waals surface area contributed by atoms with Gasteiger partial charge in [0.2, 0.25) is 5.91 Å². The van der Waals surface area contributed by atoms with Gasteiger partial charge in [-0.05, 0) is 19.1 Å². The Hall–Kier alpha value is -1.51. The molecule has 0 aromatic carbocycles. The molecule has 0 fully saturated rings. The average Bonchev–Trinajstić information content (AvgIpc) is 2.66. The quantitative estimate of drug-likeness (QED) is 0.798. The topological polar surface area (TPSA) is 32.3 Å². The normalized spacial score (nSPS) is 17.3. The molecule has 1 rings (SSSR count). The lowest BCUT2D eigenvalue weighted by molar-refractivity contribution is -0.131. The summed E-state index contributed by atoms with van der Waals surface area (Å²) < 4.78 is 0. The maximum atomic E-state index is 11.9. The largest absolute Gasteiger partial charge is 0.383 e. The molecule has 1 amide bonds. The number of nitrogens with one attached hydrogen (secondary N) is 1. The summed E-state index contributed by atoms with van der Waals surface area (Å²) in [6.45, 7) is 20.3. The van der Waals surface area contributed by atoms with E-state index >= 15 is 0 Å². The van der Waals surface area contributed by atoms with E-state index in [9.17, 15) is 4.79 Å². The van der Waals surface area contributed by atoms with E-state index in [2.05, 4.69) is 11.9 Å². The molecule has 0 bridgehead atoms. The number of carbonyl (C=O) groups is 1. The van der Waals surface area contributed by atoms with E-state index in [1.807, 2.05) is 67.5 Å². The number of rotatable bonds is 2. The van der Waals surface area contributed by atoms with Crippen molar-refractivity contribution in [2.45, 2.75) is 55.4 Å². The zero-order valence-electron chi connectivity index (χ0n) is 15.6. The van der Waals surface area contributed by atoms with E-state index in [-0.39, 0.29) is 11.8 Å². The van der Waals surface area contributed by atoms with Crippen LogP contribution >= 0.6 is 0 Å². The van der Waals surface area contributed by atoms with Crippen molar-refractivity contribution in [3.05, 3.63) is 36.2 Å². The molecule has 0 saturated heterocycles. The maximum Gasteiger partial charge on any atom is 0.231 e. The molecule has 0 aliphatic carbocycles. The number of hydrogen-bond donors (Lipinski definition) is 1. The number of amides is 1. The summed E-state index contributed by atoms with van der Waals surface area (Å²) in [6, 6.07) is 0. The minimum absolute atomic E-state index is 0.00675. The van der Waals surface area contributed by atoms with E-state index in [0.29, 0.717) is 6.54 Å². The molecule has 0 aromatic heterocycles. The molecule has 0 spiro atoms. The van der Waals surface area contributed by atoms with Gasteiger partial charge >= 0.3 is 0 Å². The van der Waals surface area contributed by atoms with Gasteiger partial charge in [0.05, 0.1) is 17.3 Å². The first kappa shape index (κ1) is 24.5. The van der Waals surface area contributed by atoms with E-state index < -0.39 is 0 Å². The minimum atomic E-state index is -0.00675. The first-order valence-electron chi connectivity index (χ1n) is 8.12. The van der Waals surface area contributed by atoms with E-state index in [0.717, 1.165) is 11.4 Å². The second-order valence-electron chi connectivity index (χ2n) is 3.68. The SMILES string of the molecule is C=CC1=C(/C=C\C)N(C)C(=O)C(C)CN1.CC.CC.CC. The third-order valence-electron chi connectivity index (χ3n) is 2.52.